The third kappa shape index (κ3) is 1.78. The summed E-state index contributed by atoms with van der Waals surface area (Å²) in [5.74, 6) is 1.55. The molecule has 5 nitrogen and oxygen atoms in total. The first-order valence-corrected chi connectivity index (χ1v) is 5.67. The van der Waals surface area contributed by atoms with E-state index in [1.165, 1.54) is 0 Å². The van der Waals surface area contributed by atoms with Crippen LogP contribution in [0.5, 0.6) is 5.75 Å². The maximum Gasteiger partial charge on any atom is 0.181 e. The van der Waals surface area contributed by atoms with Crippen LogP contribution in [0, 0.1) is 0 Å². The molecule has 1 aliphatic heterocycles. The van der Waals surface area contributed by atoms with Gasteiger partial charge in [-0.25, -0.2) is 9.67 Å². The first-order valence-electron chi connectivity index (χ1n) is 5.67. The van der Waals surface area contributed by atoms with Crippen LogP contribution in [0.3, 0.4) is 0 Å². The third-order valence-corrected chi connectivity index (χ3v) is 2.95. The van der Waals surface area contributed by atoms with E-state index >= 15 is 0 Å². The molecule has 17 heavy (non-hydrogen) atoms. The molecule has 5 heteroatoms. The zero-order chi connectivity index (χ0) is 11.8. The molecule has 1 atom stereocenters. The number of aryl methyl sites for hydroxylation is 1. The van der Waals surface area contributed by atoms with Crippen LogP contribution in [0.1, 0.15) is 24.9 Å². The van der Waals surface area contributed by atoms with Crippen molar-refractivity contribution in [2.24, 2.45) is 0 Å². The van der Waals surface area contributed by atoms with Gasteiger partial charge < -0.3 is 10.2 Å². The van der Waals surface area contributed by atoms with Crippen molar-refractivity contribution < 1.29 is 10.2 Å². The molecule has 1 aliphatic rings. The highest BCUT2D eigenvalue weighted by Crippen LogP contribution is 2.25. The second-order valence-electron chi connectivity index (χ2n) is 4.22. The topological polar surface area (TPSA) is 71.2 Å². The first kappa shape index (κ1) is 10.3. The fourth-order valence-electron chi connectivity index (χ4n) is 2.10. The molecule has 2 N–H and O–H groups in total. The molecule has 0 saturated carbocycles. The molecule has 0 aliphatic carbocycles. The highest BCUT2D eigenvalue weighted by Gasteiger charge is 2.21. The largest absolute Gasteiger partial charge is 0.508 e. The number of phenols is 1. The lowest BCUT2D eigenvalue weighted by molar-refractivity contribution is 0.0648. The number of aromatic nitrogens is 3. The highest BCUT2D eigenvalue weighted by atomic mass is 16.3. The van der Waals surface area contributed by atoms with E-state index in [1.54, 1.807) is 22.9 Å². The summed E-state index contributed by atoms with van der Waals surface area (Å²) in [5, 5.41) is 23.5. The van der Waals surface area contributed by atoms with Crippen LogP contribution in [-0.2, 0) is 6.42 Å². The van der Waals surface area contributed by atoms with Crippen molar-refractivity contribution in [3.63, 3.8) is 0 Å². The Kier molecular flexibility index (Phi) is 2.33. The van der Waals surface area contributed by atoms with Gasteiger partial charge in [-0.2, -0.15) is 0 Å². The lowest BCUT2D eigenvalue weighted by atomic mass is 10.1. The van der Waals surface area contributed by atoms with Crippen LogP contribution >= 0.6 is 0 Å². The molecule has 1 aromatic carbocycles. The highest BCUT2D eigenvalue weighted by molar-refractivity contribution is 5.56. The summed E-state index contributed by atoms with van der Waals surface area (Å²) >= 11 is 0. The molecule has 88 valence electrons. The molecule has 3 rings (SSSR count). The van der Waals surface area contributed by atoms with E-state index in [9.17, 15) is 10.2 Å². The summed E-state index contributed by atoms with van der Waals surface area (Å²) < 4.78 is 1.57. The molecule has 0 fully saturated rings. The zero-order valence-corrected chi connectivity index (χ0v) is 9.24. The second kappa shape index (κ2) is 3.85. The maximum atomic E-state index is 9.79. The van der Waals surface area contributed by atoms with Gasteiger partial charge in [0.15, 0.2) is 5.82 Å². The molecular weight excluding hydrogens is 218 g/mol. The van der Waals surface area contributed by atoms with Crippen LogP contribution in [0.15, 0.2) is 24.3 Å². The predicted molar refractivity (Wildman–Crippen MR) is 61.3 cm³/mol. The van der Waals surface area contributed by atoms with Crippen LogP contribution in [0.25, 0.3) is 11.4 Å². The lowest BCUT2D eigenvalue weighted by Gasteiger charge is -2.17. The van der Waals surface area contributed by atoms with Gasteiger partial charge >= 0.3 is 0 Å². The molecular formula is C12H13N3O2. The third-order valence-electron chi connectivity index (χ3n) is 2.95. The van der Waals surface area contributed by atoms with Crippen molar-refractivity contribution >= 4 is 0 Å². The number of hydrogen-bond donors (Lipinski definition) is 2. The normalized spacial score (nSPS) is 19.0. The number of nitrogens with zero attached hydrogens (tertiary/aromatic N) is 3. The number of benzene rings is 1. The van der Waals surface area contributed by atoms with E-state index in [0.717, 1.165) is 30.7 Å². The van der Waals surface area contributed by atoms with Crippen LogP contribution in [0.4, 0.5) is 0 Å². The number of aliphatic hydroxyl groups excluding tert-OH is 1. The van der Waals surface area contributed by atoms with E-state index in [0.29, 0.717) is 5.82 Å². The number of fused-ring (bicyclic) bond motifs is 1. The minimum absolute atomic E-state index is 0.191. The molecule has 0 saturated heterocycles. The van der Waals surface area contributed by atoms with E-state index in [4.69, 9.17) is 0 Å². The number of hydrogen-bond acceptors (Lipinski definition) is 4. The monoisotopic (exact) mass is 231 g/mol. The van der Waals surface area contributed by atoms with Crippen molar-refractivity contribution in [2.75, 3.05) is 0 Å². The fourth-order valence-corrected chi connectivity index (χ4v) is 2.10. The first-order chi connectivity index (χ1) is 8.24. The van der Waals surface area contributed by atoms with Crippen LogP contribution in [-0.4, -0.2) is 25.0 Å². The minimum atomic E-state index is -0.572. The van der Waals surface area contributed by atoms with Gasteiger partial charge in [-0.1, -0.05) is 12.1 Å². The Morgan fingerprint density at radius 1 is 1.35 bits per heavy atom. The molecule has 0 spiro atoms. The summed E-state index contributed by atoms with van der Waals surface area (Å²) in [6.45, 7) is 0. The summed E-state index contributed by atoms with van der Waals surface area (Å²) in [6, 6.07) is 6.82. The smallest absolute Gasteiger partial charge is 0.181 e. The lowest BCUT2D eigenvalue weighted by Crippen LogP contribution is -2.18. The Bertz CT molecular complexity index is 550. The van der Waals surface area contributed by atoms with Crippen molar-refractivity contribution in [2.45, 2.75) is 25.5 Å². The Morgan fingerprint density at radius 3 is 3.00 bits per heavy atom. The summed E-state index contributed by atoms with van der Waals surface area (Å²) in [5.41, 5.74) is 0.763. The van der Waals surface area contributed by atoms with Gasteiger partial charge in [0.05, 0.1) is 0 Å². The molecule has 0 bridgehead atoms. The number of rotatable bonds is 1. The van der Waals surface area contributed by atoms with Crippen LogP contribution in [0.2, 0.25) is 0 Å². The quantitative estimate of drug-likeness (QED) is 0.779. The van der Waals surface area contributed by atoms with E-state index in [-0.39, 0.29) is 5.75 Å². The zero-order valence-electron chi connectivity index (χ0n) is 9.24. The molecule has 0 radical (unpaired) electrons. The van der Waals surface area contributed by atoms with Crippen molar-refractivity contribution in [1.82, 2.24) is 14.8 Å². The number of aromatic hydroxyl groups is 1. The van der Waals surface area contributed by atoms with Gasteiger partial charge in [-0.3, -0.25) is 0 Å². The Hall–Kier alpha value is -1.88. The Labute approximate surface area is 98.4 Å². The number of phenolic OH excluding ortho intramolecular Hbond substituents is 1. The standard InChI is InChI=1S/C12H13N3O2/c16-9-4-1-3-8(7-9)12-13-10-5-2-6-11(17)15(10)14-12/h1,3-4,7,11,16-17H,2,5-6H2. The summed E-state index contributed by atoms with van der Waals surface area (Å²) in [4.78, 5) is 4.39. The summed E-state index contributed by atoms with van der Waals surface area (Å²) in [7, 11) is 0. The molecule has 2 aromatic rings. The minimum Gasteiger partial charge on any atom is -0.508 e. The van der Waals surface area contributed by atoms with Gasteiger partial charge in [-0.05, 0) is 25.0 Å². The summed E-state index contributed by atoms with van der Waals surface area (Å²) in [6.07, 6.45) is 1.91. The molecule has 2 heterocycles. The van der Waals surface area contributed by atoms with Gasteiger partial charge in [0.25, 0.3) is 0 Å². The van der Waals surface area contributed by atoms with Crippen molar-refractivity contribution in [3.05, 3.63) is 30.1 Å². The van der Waals surface area contributed by atoms with E-state index in [2.05, 4.69) is 10.1 Å². The van der Waals surface area contributed by atoms with Crippen LogP contribution < -0.4 is 0 Å². The van der Waals surface area contributed by atoms with Crippen molar-refractivity contribution in [1.29, 1.82) is 0 Å². The van der Waals surface area contributed by atoms with Gasteiger partial charge in [-0.15, -0.1) is 5.10 Å². The fraction of sp³-hybridized carbons (Fsp3) is 0.333. The average Bonchev–Trinajstić information content (AvgIpc) is 2.74. The second-order valence-corrected chi connectivity index (χ2v) is 4.22. The average molecular weight is 231 g/mol. The van der Waals surface area contributed by atoms with Crippen molar-refractivity contribution in [3.8, 4) is 17.1 Å². The van der Waals surface area contributed by atoms with Gasteiger partial charge in [0.1, 0.15) is 17.8 Å². The SMILES string of the molecule is Oc1cccc(-c2nc3n(n2)C(O)CCC3)c1. The Balaban J connectivity index is 2.05. The molecule has 1 aromatic heterocycles. The number of aliphatic hydroxyl groups is 1. The van der Waals surface area contributed by atoms with E-state index < -0.39 is 6.23 Å². The van der Waals surface area contributed by atoms with E-state index in [1.807, 2.05) is 6.07 Å². The maximum absolute atomic E-state index is 9.79. The predicted octanol–water partition coefficient (Wildman–Crippen LogP) is 1.48. The van der Waals surface area contributed by atoms with Gasteiger partial charge in [0, 0.05) is 12.0 Å². The van der Waals surface area contributed by atoms with Gasteiger partial charge in [0.2, 0.25) is 0 Å². The molecule has 1 unspecified atom stereocenters. The Morgan fingerprint density at radius 2 is 2.24 bits per heavy atom. The molecule has 0 amide bonds.